The van der Waals surface area contributed by atoms with Gasteiger partial charge in [-0.15, -0.1) is 0 Å². The maximum Gasteiger partial charge on any atom is 0.0277 e. The van der Waals surface area contributed by atoms with E-state index in [0.717, 1.165) is 5.92 Å². The fourth-order valence-corrected chi connectivity index (χ4v) is 1.81. The summed E-state index contributed by atoms with van der Waals surface area (Å²) in [5, 5.41) is 0. The van der Waals surface area contributed by atoms with Crippen molar-refractivity contribution in [3.63, 3.8) is 0 Å². The van der Waals surface area contributed by atoms with Crippen molar-refractivity contribution in [2.24, 2.45) is 17.6 Å². The fourth-order valence-electron chi connectivity index (χ4n) is 1.81. The largest absolute Gasteiger partial charge is 0.324 e. The van der Waals surface area contributed by atoms with E-state index < -0.39 is 0 Å². The SMILES string of the molecule is CC1=C[C@H](C)CC(C)[C@@H]1N. The van der Waals surface area contributed by atoms with Gasteiger partial charge in [0.2, 0.25) is 0 Å². The monoisotopic (exact) mass is 139 g/mol. The van der Waals surface area contributed by atoms with Gasteiger partial charge in [0.1, 0.15) is 0 Å². The predicted molar refractivity (Wildman–Crippen MR) is 44.7 cm³/mol. The summed E-state index contributed by atoms with van der Waals surface area (Å²) in [6, 6.07) is 0.316. The van der Waals surface area contributed by atoms with E-state index in [9.17, 15) is 0 Å². The average Bonchev–Trinajstić information content (AvgIpc) is 1.82. The Morgan fingerprint density at radius 1 is 1.50 bits per heavy atom. The van der Waals surface area contributed by atoms with Gasteiger partial charge >= 0.3 is 0 Å². The first-order valence-corrected chi connectivity index (χ1v) is 4.05. The lowest BCUT2D eigenvalue weighted by Crippen LogP contribution is -2.33. The van der Waals surface area contributed by atoms with Gasteiger partial charge in [0, 0.05) is 6.04 Å². The number of nitrogens with two attached hydrogens (primary N) is 1. The Hall–Kier alpha value is -0.300. The molecule has 0 aromatic heterocycles. The summed E-state index contributed by atoms with van der Waals surface area (Å²) in [4.78, 5) is 0. The van der Waals surface area contributed by atoms with Gasteiger partial charge in [0.15, 0.2) is 0 Å². The number of allylic oxidation sites excluding steroid dienone is 1. The molecule has 3 atom stereocenters. The summed E-state index contributed by atoms with van der Waals surface area (Å²) in [7, 11) is 0. The van der Waals surface area contributed by atoms with Crippen LogP contribution in [0.1, 0.15) is 27.2 Å². The second-order valence-corrected chi connectivity index (χ2v) is 3.63. The van der Waals surface area contributed by atoms with E-state index in [1.54, 1.807) is 0 Å². The second kappa shape index (κ2) is 2.75. The molecular weight excluding hydrogens is 122 g/mol. The molecule has 1 aliphatic rings. The first-order chi connectivity index (χ1) is 4.61. The topological polar surface area (TPSA) is 26.0 Å². The zero-order chi connectivity index (χ0) is 7.72. The fraction of sp³-hybridized carbons (Fsp3) is 0.778. The maximum absolute atomic E-state index is 5.92. The first-order valence-electron chi connectivity index (χ1n) is 4.05. The molecule has 1 nitrogen and oxygen atoms in total. The molecule has 0 aromatic rings. The van der Waals surface area contributed by atoms with Crippen molar-refractivity contribution in [3.8, 4) is 0 Å². The normalized spacial score (nSPS) is 41.2. The Kier molecular flexibility index (Phi) is 2.14. The molecule has 0 saturated heterocycles. The summed E-state index contributed by atoms with van der Waals surface area (Å²) in [6.45, 7) is 6.63. The minimum Gasteiger partial charge on any atom is -0.324 e. The summed E-state index contributed by atoms with van der Waals surface area (Å²) >= 11 is 0. The van der Waals surface area contributed by atoms with Gasteiger partial charge in [-0.2, -0.15) is 0 Å². The Bertz CT molecular complexity index is 149. The average molecular weight is 139 g/mol. The van der Waals surface area contributed by atoms with Crippen LogP contribution in [0.3, 0.4) is 0 Å². The Labute approximate surface area is 63.3 Å². The van der Waals surface area contributed by atoms with Gasteiger partial charge in [-0.05, 0) is 25.2 Å². The van der Waals surface area contributed by atoms with Gasteiger partial charge in [-0.3, -0.25) is 0 Å². The molecule has 0 heterocycles. The van der Waals surface area contributed by atoms with Gasteiger partial charge in [0.25, 0.3) is 0 Å². The van der Waals surface area contributed by atoms with E-state index in [-0.39, 0.29) is 0 Å². The van der Waals surface area contributed by atoms with Crippen molar-refractivity contribution in [2.45, 2.75) is 33.2 Å². The van der Waals surface area contributed by atoms with Crippen LogP contribution in [0.25, 0.3) is 0 Å². The molecule has 0 amide bonds. The Morgan fingerprint density at radius 2 is 2.10 bits per heavy atom. The highest BCUT2D eigenvalue weighted by atomic mass is 14.7. The highest BCUT2D eigenvalue weighted by molar-refractivity contribution is 5.13. The van der Waals surface area contributed by atoms with Crippen LogP contribution in [0, 0.1) is 11.8 Å². The van der Waals surface area contributed by atoms with E-state index in [1.165, 1.54) is 12.0 Å². The molecule has 2 N–H and O–H groups in total. The van der Waals surface area contributed by atoms with Crippen LogP contribution in [0.2, 0.25) is 0 Å². The summed E-state index contributed by atoms with van der Waals surface area (Å²) in [5.41, 5.74) is 7.28. The van der Waals surface area contributed by atoms with E-state index in [4.69, 9.17) is 5.73 Å². The second-order valence-electron chi connectivity index (χ2n) is 3.63. The molecule has 0 aliphatic heterocycles. The van der Waals surface area contributed by atoms with Gasteiger partial charge < -0.3 is 5.73 Å². The Balaban J connectivity index is 2.71. The maximum atomic E-state index is 5.92. The van der Waals surface area contributed by atoms with Gasteiger partial charge in [-0.25, -0.2) is 0 Å². The van der Waals surface area contributed by atoms with Crippen molar-refractivity contribution in [1.29, 1.82) is 0 Å². The van der Waals surface area contributed by atoms with Crippen molar-refractivity contribution in [1.82, 2.24) is 0 Å². The quantitative estimate of drug-likeness (QED) is 0.510. The molecule has 0 fully saturated rings. The molecule has 1 rings (SSSR count). The van der Waals surface area contributed by atoms with Crippen LogP contribution < -0.4 is 5.73 Å². The molecule has 10 heavy (non-hydrogen) atoms. The molecule has 58 valence electrons. The van der Waals surface area contributed by atoms with Crippen molar-refractivity contribution in [3.05, 3.63) is 11.6 Å². The minimum atomic E-state index is 0.316. The molecular formula is C9H17N. The van der Waals surface area contributed by atoms with Gasteiger partial charge in [-0.1, -0.05) is 25.5 Å². The number of hydrogen-bond acceptors (Lipinski definition) is 1. The van der Waals surface area contributed by atoms with E-state index >= 15 is 0 Å². The van der Waals surface area contributed by atoms with E-state index in [1.807, 2.05) is 0 Å². The molecule has 1 heteroatoms. The van der Waals surface area contributed by atoms with Crippen molar-refractivity contribution >= 4 is 0 Å². The number of hydrogen-bond donors (Lipinski definition) is 1. The van der Waals surface area contributed by atoms with Crippen LogP contribution >= 0.6 is 0 Å². The third-order valence-electron chi connectivity index (χ3n) is 2.43. The van der Waals surface area contributed by atoms with Crippen LogP contribution in [-0.4, -0.2) is 6.04 Å². The van der Waals surface area contributed by atoms with E-state index in [0.29, 0.717) is 12.0 Å². The predicted octanol–water partition coefficient (Wildman–Crippen LogP) is 1.94. The molecule has 1 unspecified atom stereocenters. The Morgan fingerprint density at radius 3 is 2.60 bits per heavy atom. The van der Waals surface area contributed by atoms with Crippen LogP contribution in [-0.2, 0) is 0 Å². The summed E-state index contributed by atoms with van der Waals surface area (Å²) in [6.07, 6.45) is 3.54. The van der Waals surface area contributed by atoms with Crippen LogP contribution in [0.15, 0.2) is 11.6 Å². The minimum absolute atomic E-state index is 0.316. The summed E-state index contributed by atoms with van der Waals surface area (Å²) in [5.74, 6) is 1.40. The first kappa shape index (κ1) is 7.80. The molecule has 0 radical (unpaired) electrons. The van der Waals surface area contributed by atoms with E-state index in [2.05, 4.69) is 26.8 Å². The smallest absolute Gasteiger partial charge is 0.0277 e. The van der Waals surface area contributed by atoms with Crippen LogP contribution in [0.5, 0.6) is 0 Å². The molecule has 0 bridgehead atoms. The number of rotatable bonds is 0. The zero-order valence-electron chi connectivity index (χ0n) is 7.09. The van der Waals surface area contributed by atoms with Crippen molar-refractivity contribution in [2.75, 3.05) is 0 Å². The lowest BCUT2D eigenvalue weighted by molar-refractivity contribution is 0.391. The highest BCUT2D eigenvalue weighted by Crippen LogP contribution is 2.26. The third kappa shape index (κ3) is 1.40. The molecule has 0 aromatic carbocycles. The molecule has 0 saturated carbocycles. The third-order valence-corrected chi connectivity index (χ3v) is 2.43. The lowest BCUT2D eigenvalue weighted by atomic mass is 9.81. The molecule has 0 spiro atoms. The van der Waals surface area contributed by atoms with Crippen molar-refractivity contribution < 1.29 is 0 Å². The lowest BCUT2D eigenvalue weighted by Gasteiger charge is -2.28. The zero-order valence-corrected chi connectivity index (χ0v) is 7.09. The molecule has 1 aliphatic carbocycles. The van der Waals surface area contributed by atoms with Gasteiger partial charge in [0.05, 0.1) is 0 Å². The van der Waals surface area contributed by atoms with Crippen LogP contribution in [0.4, 0.5) is 0 Å². The standard InChI is InChI=1S/C9H17N/c1-6-4-7(2)9(10)8(3)5-6/h4,6,8-9H,5,10H2,1-3H3/t6-,8?,9+/m0/s1. The summed E-state index contributed by atoms with van der Waals surface area (Å²) < 4.78 is 0. The highest BCUT2D eigenvalue weighted by Gasteiger charge is 2.21.